The van der Waals surface area contributed by atoms with Crippen molar-refractivity contribution in [3.63, 3.8) is 0 Å². The van der Waals surface area contributed by atoms with Crippen molar-refractivity contribution in [2.45, 2.75) is 6.42 Å². The van der Waals surface area contributed by atoms with Crippen molar-refractivity contribution >= 4 is 5.96 Å². The highest BCUT2D eigenvalue weighted by molar-refractivity contribution is 5.81. The molecule has 0 amide bonds. The van der Waals surface area contributed by atoms with Gasteiger partial charge in [-0.25, -0.2) is 4.98 Å². The van der Waals surface area contributed by atoms with Gasteiger partial charge in [-0.1, -0.05) is 0 Å². The molecule has 1 aromatic rings. The highest BCUT2D eigenvalue weighted by atomic mass is 15.3. The Hall–Kier alpha value is -1.59. The maximum absolute atomic E-state index is 4.22. The fourth-order valence-corrected chi connectivity index (χ4v) is 1.31. The molecule has 1 aromatic heterocycles. The Morgan fingerprint density at radius 1 is 1.64 bits per heavy atom. The average Bonchev–Trinajstić information content (AvgIpc) is 2.77. The average molecular weight is 194 g/mol. The number of rotatable bonds is 3. The molecular formula is C8H14N6. The summed E-state index contributed by atoms with van der Waals surface area (Å²) in [5.74, 6) is 1.75. The van der Waals surface area contributed by atoms with E-state index in [1.807, 2.05) is 7.05 Å². The van der Waals surface area contributed by atoms with Gasteiger partial charge < -0.3 is 10.6 Å². The molecule has 6 heteroatoms. The fraction of sp³-hybridized carbons (Fsp3) is 0.625. The van der Waals surface area contributed by atoms with Gasteiger partial charge in [-0.2, -0.15) is 5.10 Å². The van der Waals surface area contributed by atoms with E-state index in [2.05, 4.69) is 25.7 Å². The molecule has 0 radical (unpaired) electrons. The number of aryl methyl sites for hydroxylation is 1. The monoisotopic (exact) mass is 194 g/mol. The van der Waals surface area contributed by atoms with Crippen molar-refractivity contribution in [3.05, 3.63) is 12.2 Å². The van der Waals surface area contributed by atoms with Gasteiger partial charge in [0.05, 0.1) is 6.54 Å². The molecule has 0 spiro atoms. The van der Waals surface area contributed by atoms with E-state index in [-0.39, 0.29) is 0 Å². The van der Waals surface area contributed by atoms with Gasteiger partial charge in [-0.05, 0) is 0 Å². The summed E-state index contributed by atoms with van der Waals surface area (Å²) in [6, 6.07) is 0. The standard InChI is InChI=1S/C8H14N6/c1-14-6-12-7(13-14)2-3-9-8-10-4-5-11-8/h6H,2-5H2,1H3,(H2,9,10,11). The molecule has 1 aliphatic heterocycles. The lowest BCUT2D eigenvalue weighted by Gasteiger charge is -2.03. The summed E-state index contributed by atoms with van der Waals surface area (Å²) in [5, 5.41) is 10.5. The van der Waals surface area contributed by atoms with Gasteiger partial charge in [-0.15, -0.1) is 0 Å². The summed E-state index contributed by atoms with van der Waals surface area (Å²) in [6.45, 7) is 2.62. The highest BCUT2D eigenvalue weighted by Crippen LogP contribution is 1.88. The smallest absolute Gasteiger partial charge is 0.191 e. The van der Waals surface area contributed by atoms with E-state index in [9.17, 15) is 0 Å². The summed E-state index contributed by atoms with van der Waals surface area (Å²) in [5.41, 5.74) is 0. The second-order valence-corrected chi connectivity index (χ2v) is 3.17. The van der Waals surface area contributed by atoms with Crippen molar-refractivity contribution in [2.75, 3.05) is 19.6 Å². The van der Waals surface area contributed by atoms with E-state index in [0.717, 1.165) is 37.8 Å². The van der Waals surface area contributed by atoms with E-state index in [4.69, 9.17) is 0 Å². The van der Waals surface area contributed by atoms with Crippen LogP contribution in [0, 0.1) is 0 Å². The lowest BCUT2D eigenvalue weighted by molar-refractivity contribution is 0.727. The Labute approximate surface area is 82.4 Å². The number of hydrogen-bond donors (Lipinski definition) is 2. The summed E-state index contributed by atoms with van der Waals surface area (Å²) in [6.07, 6.45) is 2.53. The summed E-state index contributed by atoms with van der Waals surface area (Å²) in [4.78, 5) is 8.35. The zero-order valence-corrected chi connectivity index (χ0v) is 8.19. The minimum absolute atomic E-state index is 0.815. The van der Waals surface area contributed by atoms with Crippen molar-refractivity contribution in [2.24, 2.45) is 12.0 Å². The van der Waals surface area contributed by atoms with Crippen LogP contribution in [0.15, 0.2) is 11.3 Å². The lowest BCUT2D eigenvalue weighted by Crippen LogP contribution is -2.35. The third kappa shape index (κ3) is 2.21. The second kappa shape index (κ2) is 4.08. The maximum atomic E-state index is 4.22. The molecular weight excluding hydrogens is 180 g/mol. The van der Waals surface area contributed by atoms with Crippen molar-refractivity contribution in [3.8, 4) is 0 Å². The number of aromatic nitrogens is 3. The van der Waals surface area contributed by atoms with Gasteiger partial charge in [0.2, 0.25) is 0 Å². The fourth-order valence-electron chi connectivity index (χ4n) is 1.31. The predicted octanol–water partition coefficient (Wildman–Crippen LogP) is -1.09. The Morgan fingerprint density at radius 3 is 3.21 bits per heavy atom. The molecule has 0 aromatic carbocycles. The quantitative estimate of drug-likeness (QED) is 0.641. The first kappa shape index (κ1) is 8.98. The number of nitrogens with zero attached hydrogens (tertiary/aromatic N) is 4. The van der Waals surface area contributed by atoms with Gasteiger partial charge >= 0.3 is 0 Å². The molecule has 2 rings (SSSR count). The molecule has 0 saturated carbocycles. The summed E-state index contributed by atoms with van der Waals surface area (Å²) < 4.78 is 1.71. The molecule has 14 heavy (non-hydrogen) atoms. The first-order valence-electron chi connectivity index (χ1n) is 4.71. The normalized spacial score (nSPS) is 15.1. The second-order valence-electron chi connectivity index (χ2n) is 3.17. The van der Waals surface area contributed by atoms with Crippen LogP contribution in [0.2, 0.25) is 0 Å². The molecule has 0 saturated heterocycles. The van der Waals surface area contributed by atoms with Crippen molar-refractivity contribution in [1.29, 1.82) is 0 Å². The molecule has 1 aliphatic rings. The van der Waals surface area contributed by atoms with E-state index in [0.29, 0.717) is 0 Å². The number of guanidine groups is 1. The molecule has 0 fully saturated rings. The van der Waals surface area contributed by atoms with Crippen LogP contribution >= 0.6 is 0 Å². The van der Waals surface area contributed by atoms with Crippen LogP contribution in [0.3, 0.4) is 0 Å². The summed E-state index contributed by atoms with van der Waals surface area (Å²) in [7, 11) is 1.87. The Balaban J connectivity index is 1.72. The third-order valence-corrected chi connectivity index (χ3v) is 1.96. The van der Waals surface area contributed by atoms with Gasteiger partial charge in [-0.3, -0.25) is 9.67 Å². The van der Waals surface area contributed by atoms with Crippen molar-refractivity contribution < 1.29 is 0 Å². The lowest BCUT2D eigenvalue weighted by atomic mass is 10.4. The zero-order chi connectivity index (χ0) is 9.80. The maximum Gasteiger partial charge on any atom is 0.191 e. The Morgan fingerprint density at radius 2 is 2.57 bits per heavy atom. The minimum Gasteiger partial charge on any atom is -0.356 e. The largest absolute Gasteiger partial charge is 0.356 e. The van der Waals surface area contributed by atoms with Crippen molar-refractivity contribution in [1.82, 2.24) is 25.4 Å². The van der Waals surface area contributed by atoms with E-state index in [1.54, 1.807) is 11.0 Å². The van der Waals surface area contributed by atoms with E-state index in [1.165, 1.54) is 0 Å². The van der Waals surface area contributed by atoms with Crippen LogP contribution in [0.1, 0.15) is 5.82 Å². The summed E-state index contributed by atoms with van der Waals surface area (Å²) >= 11 is 0. The molecule has 2 heterocycles. The Bertz CT molecular complexity index is 328. The zero-order valence-electron chi connectivity index (χ0n) is 8.19. The van der Waals surface area contributed by atoms with Gasteiger partial charge in [0, 0.05) is 26.6 Å². The van der Waals surface area contributed by atoms with Crippen LogP contribution in [0.5, 0.6) is 0 Å². The van der Waals surface area contributed by atoms with Gasteiger partial charge in [0.25, 0.3) is 0 Å². The van der Waals surface area contributed by atoms with Crippen LogP contribution in [-0.2, 0) is 13.5 Å². The topological polar surface area (TPSA) is 67.1 Å². The molecule has 0 aliphatic carbocycles. The highest BCUT2D eigenvalue weighted by Gasteiger charge is 2.04. The van der Waals surface area contributed by atoms with Crippen LogP contribution < -0.4 is 10.6 Å². The molecule has 76 valence electrons. The molecule has 0 bridgehead atoms. The molecule has 0 atom stereocenters. The Kier molecular flexibility index (Phi) is 2.62. The number of hydrogen-bond acceptors (Lipinski definition) is 5. The van der Waals surface area contributed by atoms with E-state index < -0.39 is 0 Å². The van der Waals surface area contributed by atoms with Crippen LogP contribution in [0.25, 0.3) is 0 Å². The first-order valence-corrected chi connectivity index (χ1v) is 4.71. The van der Waals surface area contributed by atoms with Gasteiger partial charge in [0.15, 0.2) is 11.8 Å². The number of nitrogens with one attached hydrogen (secondary N) is 2. The SMILES string of the molecule is Cn1cnc(CCNC2=NCCN2)n1. The molecule has 0 unspecified atom stereocenters. The molecule has 2 N–H and O–H groups in total. The van der Waals surface area contributed by atoms with Gasteiger partial charge in [0.1, 0.15) is 6.33 Å². The minimum atomic E-state index is 0.815. The third-order valence-electron chi connectivity index (χ3n) is 1.96. The van der Waals surface area contributed by atoms with Crippen LogP contribution in [0.4, 0.5) is 0 Å². The van der Waals surface area contributed by atoms with Crippen LogP contribution in [-0.4, -0.2) is 40.4 Å². The predicted molar refractivity (Wildman–Crippen MR) is 53.0 cm³/mol. The van der Waals surface area contributed by atoms with E-state index >= 15 is 0 Å². The number of aliphatic imine (C=N–C) groups is 1. The first-order chi connectivity index (χ1) is 6.84. The molecule has 6 nitrogen and oxygen atoms in total.